The first-order valence-electron chi connectivity index (χ1n) is 10.7. The lowest BCUT2D eigenvalue weighted by Gasteiger charge is -2.12. The topological polar surface area (TPSA) is 118 Å². The second-order valence-electron chi connectivity index (χ2n) is 7.76. The summed E-state index contributed by atoms with van der Waals surface area (Å²) in [7, 11) is -3.75. The highest BCUT2D eigenvalue weighted by molar-refractivity contribution is 7.92. The molecule has 0 spiro atoms. The minimum Gasteiger partial charge on any atom is -0.467 e. The van der Waals surface area contributed by atoms with Crippen LogP contribution in [0.4, 0.5) is 11.4 Å². The third-order valence-corrected chi connectivity index (χ3v) is 6.55. The number of nitrogens with one attached hydrogen (secondary N) is 3. The number of para-hydroxylation sites is 1. The summed E-state index contributed by atoms with van der Waals surface area (Å²) < 4.78 is 32.9. The summed E-state index contributed by atoms with van der Waals surface area (Å²) in [6, 6.07) is 22.6. The van der Waals surface area contributed by atoms with Crippen LogP contribution in [0.3, 0.4) is 0 Å². The van der Waals surface area contributed by atoms with Gasteiger partial charge in [-0.05, 0) is 67.6 Å². The zero-order chi connectivity index (χ0) is 24.8. The van der Waals surface area contributed by atoms with Gasteiger partial charge >= 0.3 is 0 Å². The van der Waals surface area contributed by atoms with Crippen molar-refractivity contribution in [3.63, 3.8) is 0 Å². The largest absolute Gasteiger partial charge is 0.467 e. The maximum atomic E-state index is 12.8. The van der Waals surface area contributed by atoms with E-state index < -0.39 is 15.9 Å². The molecule has 0 atom stereocenters. The van der Waals surface area contributed by atoms with Crippen molar-refractivity contribution >= 4 is 33.2 Å². The molecule has 0 saturated heterocycles. The molecule has 1 aromatic heterocycles. The molecule has 0 aliphatic carbocycles. The average molecular weight is 490 g/mol. The van der Waals surface area contributed by atoms with Gasteiger partial charge in [0.25, 0.3) is 21.8 Å². The van der Waals surface area contributed by atoms with Gasteiger partial charge in [0.15, 0.2) is 0 Å². The SMILES string of the molecule is Cc1ccc(S(=O)(=O)Nc2ccc(C(=O)Nc3ccccc3C(=O)NCc3ccco3)cc2)cc1. The van der Waals surface area contributed by atoms with Crippen LogP contribution in [0.2, 0.25) is 0 Å². The number of rotatable bonds is 8. The highest BCUT2D eigenvalue weighted by Crippen LogP contribution is 2.20. The Morgan fingerprint density at radius 3 is 2.23 bits per heavy atom. The Balaban J connectivity index is 1.42. The summed E-state index contributed by atoms with van der Waals surface area (Å²) in [6.07, 6.45) is 1.52. The molecule has 0 unspecified atom stereocenters. The van der Waals surface area contributed by atoms with Crippen LogP contribution in [0.5, 0.6) is 0 Å². The lowest BCUT2D eigenvalue weighted by molar-refractivity contribution is 0.0949. The summed E-state index contributed by atoms with van der Waals surface area (Å²) in [5.74, 6) is -0.194. The van der Waals surface area contributed by atoms with Crippen LogP contribution in [0.25, 0.3) is 0 Å². The normalized spacial score (nSPS) is 11.0. The molecule has 8 nitrogen and oxygen atoms in total. The molecular weight excluding hydrogens is 466 g/mol. The second-order valence-corrected chi connectivity index (χ2v) is 9.44. The van der Waals surface area contributed by atoms with Crippen LogP contribution in [0.1, 0.15) is 32.0 Å². The lowest BCUT2D eigenvalue weighted by atomic mass is 10.1. The van der Waals surface area contributed by atoms with Crippen molar-refractivity contribution in [3.8, 4) is 0 Å². The molecule has 35 heavy (non-hydrogen) atoms. The number of carbonyl (C=O) groups excluding carboxylic acids is 2. The van der Waals surface area contributed by atoms with E-state index in [0.29, 0.717) is 28.3 Å². The zero-order valence-corrected chi connectivity index (χ0v) is 19.6. The predicted octanol–water partition coefficient (Wildman–Crippen LogP) is 4.57. The summed E-state index contributed by atoms with van der Waals surface area (Å²) in [6.45, 7) is 2.09. The zero-order valence-electron chi connectivity index (χ0n) is 18.8. The highest BCUT2D eigenvalue weighted by atomic mass is 32.2. The van der Waals surface area contributed by atoms with Crippen LogP contribution in [0.15, 0.2) is 101 Å². The Morgan fingerprint density at radius 2 is 1.54 bits per heavy atom. The van der Waals surface area contributed by atoms with Crippen LogP contribution in [-0.4, -0.2) is 20.2 Å². The Kier molecular flexibility index (Phi) is 6.98. The number of hydrogen-bond donors (Lipinski definition) is 3. The number of sulfonamides is 1. The van der Waals surface area contributed by atoms with Crippen molar-refractivity contribution in [1.29, 1.82) is 0 Å². The third kappa shape index (κ3) is 5.96. The maximum absolute atomic E-state index is 12.8. The van der Waals surface area contributed by atoms with Gasteiger partial charge in [-0.2, -0.15) is 0 Å². The van der Waals surface area contributed by atoms with Crippen LogP contribution in [0, 0.1) is 6.92 Å². The molecule has 0 bridgehead atoms. The van der Waals surface area contributed by atoms with Crippen molar-refractivity contribution in [2.75, 3.05) is 10.0 Å². The number of benzene rings is 3. The van der Waals surface area contributed by atoms with Gasteiger partial charge < -0.3 is 15.1 Å². The molecule has 1 heterocycles. The van der Waals surface area contributed by atoms with Crippen LogP contribution >= 0.6 is 0 Å². The Hall–Kier alpha value is -4.37. The first-order valence-corrected chi connectivity index (χ1v) is 12.2. The van der Waals surface area contributed by atoms with E-state index in [-0.39, 0.29) is 17.3 Å². The molecule has 3 aromatic carbocycles. The van der Waals surface area contributed by atoms with E-state index >= 15 is 0 Å². The van der Waals surface area contributed by atoms with Crippen molar-refractivity contribution in [1.82, 2.24) is 5.32 Å². The molecule has 0 aliphatic heterocycles. The molecule has 4 aromatic rings. The minimum absolute atomic E-state index is 0.145. The molecule has 3 N–H and O–H groups in total. The first-order chi connectivity index (χ1) is 16.8. The summed E-state index contributed by atoms with van der Waals surface area (Å²) in [4.78, 5) is 25.6. The number of carbonyl (C=O) groups is 2. The van der Waals surface area contributed by atoms with Gasteiger partial charge in [0, 0.05) is 11.3 Å². The van der Waals surface area contributed by atoms with E-state index in [1.54, 1.807) is 48.5 Å². The fourth-order valence-corrected chi connectivity index (χ4v) is 4.34. The van der Waals surface area contributed by atoms with E-state index in [0.717, 1.165) is 5.56 Å². The molecule has 178 valence electrons. The lowest BCUT2D eigenvalue weighted by Crippen LogP contribution is -2.24. The van der Waals surface area contributed by atoms with Crippen molar-refractivity contribution in [2.45, 2.75) is 18.4 Å². The van der Waals surface area contributed by atoms with Gasteiger partial charge in [-0.3, -0.25) is 14.3 Å². The first kappa shape index (κ1) is 23.8. The number of furan rings is 1. The van der Waals surface area contributed by atoms with Crippen LogP contribution < -0.4 is 15.4 Å². The minimum atomic E-state index is -3.75. The van der Waals surface area contributed by atoms with Gasteiger partial charge in [-0.1, -0.05) is 29.8 Å². The number of anilines is 2. The highest BCUT2D eigenvalue weighted by Gasteiger charge is 2.16. The average Bonchev–Trinajstić information content (AvgIpc) is 3.37. The smallest absolute Gasteiger partial charge is 0.261 e. The molecule has 0 saturated carbocycles. The van der Waals surface area contributed by atoms with Gasteiger partial charge in [-0.25, -0.2) is 8.42 Å². The predicted molar refractivity (Wildman–Crippen MR) is 133 cm³/mol. The molecule has 0 aliphatic rings. The molecule has 9 heteroatoms. The van der Waals surface area contributed by atoms with Crippen molar-refractivity contribution in [2.24, 2.45) is 0 Å². The number of hydrogen-bond acceptors (Lipinski definition) is 5. The van der Waals surface area contributed by atoms with Crippen molar-refractivity contribution < 1.29 is 22.4 Å². The quantitative estimate of drug-likeness (QED) is 0.335. The standard InChI is InChI=1S/C26H23N3O5S/c1-18-8-14-22(15-9-18)35(32,33)29-20-12-10-19(11-13-20)25(30)28-24-7-3-2-6-23(24)26(31)27-17-21-5-4-16-34-21/h2-16,29H,17H2,1H3,(H,27,31)(H,28,30). The Bertz CT molecular complexity index is 1430. The van der Waals surface area contributed by atoms with Crippen molar-refractivity contribution in [3.05, 3.63) is 114 Å². The van der Waals surface area contributed by atoms with E-state index in [2.05, 4.69) is 15.4 Å². The summed E-state index contributed by atoms with van der Waals surface area (Å²) in [5, 5.41) is 5.49. The fourth-order valence-electron chi connectivity index (χ4n) is 3.28. The van der Waals surface area contributed by atoms with E-state index in [1.165, 1.54) is 42.7 Å². The Morgan fingerprint density at radius 1 is 0.829 bits per heavy atom. The number of amides is 2. The van der Waals surface area contributed by atoms with Gasteiger partial charge in [0.05, 0.1) is 29.0 Å². The molecule has 0 radical (unpaired) electrons. The van der Waals surface area contributed by atoms with Gasteiger partial charge in [0.1, 0.15) is 5.76 Å². The molecule has 2 amide bonds. The fraction of sp³-hybridized carbons (Fsp3) is 0.0769. The summed E-state index contributed by atoms with van der Waals surface area (Å²) in [5.41, 5.74) is 2.22. The molecule has 4 rings (SSSR count). The second kappa shape index (κ2) is 10.3. The van der Waals surface area contributed by atoms with E-state index in [4.69, 9.17) is 4.42 Å². The Labute approximate surface area is 203 Å². The van der Waals surface area contributed by atoms with E-state index in [1.807, 2.05) is 6.92 Å². The van der Waals surface area contributed by atoms with Crippen LogP contribution in [-0.2, 0) is 16.6 Å². The molecular formula is C26H23N3O5S. The maximum Gasteiger partial charge on any atom is 0.261 e. The number of aryl methyl sites for hydroxylation is 1. The van der Waals surface area contributed by atoms with Gasteiger partial charge in [0.2, 0.25) is 0 Å². The summed E-state index contributed by atoms with van der Waals surface area (Å²) >= 11 is 0. The van der Waals surface area contributed by atoms with E-state index in [9.17, 15) is 18.0 Å². The monoisotopic (exact) mass is 489 g/mol. The van der Waals surface area contributed by atoms with Gasteiger partial charge in [-0.15, -0.1) is 0 Å². The third-order valence-electron chi connectivity index (χ3n) is 5.15. The molecule has 0 fully saturated rings.